The highest BCUT2D eigenvalue weighted by atomic mass is 16.6. The first kappa shape index (κ1) is 17.5. The average Bonchev–Trinajstić information content (AvgIpc) is 2.82. The van der Waals surface area contributed by atoms with E-state index in [2.05, 4.69) is 5.10 Å². The van der Waals surface area contributed by atoms with Crippen LogP contribution in [0.25, 0.3) is 0 Å². The first-order chi connectivity index (χ1) is 11.4. The van der Waals surface area contributed by atoms with Crippen LogP contribution in [-0.2, 0) is 22.5 Å². The molecule has 128 valence electrons. The van der Waals surface area contributed by atoms with Crippen molar-refractivity contribution in [3.63, 3.8) is 0 Å². The lowest BCUT2D eigenvalue weighted by Gasteiger charge is -2.07. The molecule has 1 aromatic carbocycles. The molecule has 0 saturated carbocycles. The molecule has 0 radical (unpaired) electrons. The first-order valence-corrected chi connectivity index (χ1v) is 7.39. The zero-order valence-corrected chi connectivity index (χ0v) is 13.8. The minimum absolute atomic E-state index is 0.0685. The number of hydrogen-bond donors (Lipinski definition) is 0. The number of hydrogen-bond acceptors (Lipinski definition) is 6. The predicted octanol–water partition coefficient (Wildman–Crippen LogP) is 2.20. The summed E-state index contributed by atoms with van der Waals surface area (Å²) in [6.07, 6.45) is 0.576. The van der Waals surface area contributed by atoms with Crippen LogP contribution in [0, 0.1) is 24.0 Å². The lowest BCUT2D eigenvalue weighted by Crippen LogP contribution is -2.17. The molecule has 0 bridgehead atoms. The fourth-order valence-electron chi connectivity index (χ4n) is 2.35. The summed E-state index contributed by atoms with van der Waals surface area (Å²) >= 11 is 0. The Labute approximate surface area is 139 Å². The van der Waals surface area contributed by atoms with Gasteiger partial charge in [-0.2, -0.15) is 5.10 Å². The van der Waals surface area contributed by atoms with Crippen molar-refractivity contribution in [1.29, 1.82) is 0 Å². The van der Waals surface area contributed by atoms with Gasteiger partial charge in [-0.1, -0.05) is 12.1 Å². The summed E-state index contributed by atoms with van der Waals surface area (Å²) in [6, 6.07) is 7.48. The molecule has 0 N–H and O–H groups in total. The number of carbonyl (C=O) groups excluding carboxylic acids is 1. The summed E-state index contributed by atoms with van der Waals surface area (Å²) in [5.74, 6) is 0.283. The van der Waals surface area contributed by atoms with Gasteiger partial charge in [0.15, 0.2) is 0 Å². The molecule has 0 aliphatic carbocycles. The van der Waals surface area contributed by atoms with Gasteiger partial charge in [-0.15, -0.1) is 0 Å². The van der Waals surface area contributed by atoms with Crippen LogP contribution in [-0.4, -0.2) is 34.4 Å². The van der Waals surface area contributed by atoms with E-state index in [1.165, 1.54) is 11.6 Å². The molecule has 8 heteroatoms. The van der Waals surface area contributed by atoms with Gasteiger partial charge in [-0.25, -0.2) is 0 Å². The minimum Gasteiger partial charge on any atom is -0.497 e. The van der Waals surface area contributed by atoms with Crippen LogP contribution in [0.4, 0.5) is 5.69 Å². The molecule has 0 fully saturated rings. The van der Waals surface area contributed by atoms with E-state index in [4.69, 9.17) is 9.47 Å². The van der Waals surface area contributed by atoms with E-state index in [0.29, 0.717) is 12.1 Å². The van der Waals surface area contributed by atoms with E-state index in [9.17, 15) is 14.9 Å². The zero-order valence-electron chi connectivity index (χ0n) is 13.8. The lowest BCUT2D eigenvalue weighted by molar-refractivity contribution is -0.386. The van der Waals surface area contributed by atoms with Crippen molar-refractivity contribution in [3.8, 4) is 5.75 Å². The van der Waals surface area contributed by atoms with E-state index in [1.807, 2.05) is 24.3 Å². The van der Waals surface area contributed by atoms with Gasteiger partial charge < -0.3 is 9.47 Å². The Balaban J connectivity index is 1.87. The van der Waals surface area contributed by atoms with Crippen molar-refractivity contribution < 1.29 is 19.2 Å². The fraction of sp³-hybridized carbons (Fsp3) is 0.375. The maximum Gasteiger partial charge on any atom is 0.327 e. The second-order valence-corrected chi connectivity index (χ2v) is 5.25. The van der Waals surface area contributed by atoms with E-state index in [1.54, 1.807) is 14.0 Å². The molecule has 1 heterocycles. The number of aryl methyl sites for hydroxylation is 1. The molecule has 0 aliphatic heterocycles. The molecular weight excluding hydrogens is 314 g/mol. The maximum absolute atomic E-state index is 11.9. The summed E-state index contributed by atoms with van der Waals surface area (Å²) in [7, 11) is 1.60. The number of ether oxygens (including phenoxy) is 2. The predicted molar refractivity (Wildman–Crippen MR) is 86.0 cm³/mol. The molecule has 0 aliphatic rings. The number of methoxy groups -OCH3 is 1. The Morgan fingerprint density at radius 3 is 2.50 bits per heavy atom. The number of benzene rings is 1. The van der Waals surface area contributed by atoms with Crippen LogP contribution < -0.4 is 4.74 Å². The van der Waals surface area contributed by atoms with Gasteiger partial charge in [-0.05, 0) is 31.5 Å². The summed E-state index contributed by atoms with van der Waals surface area (Å²) in [5.41, 5.74) is 1.57. The number of nitrogens with zero attached hydrogens (tertiary/aromatic N) is 3. The van der Waals surface area contributed by atoms with Gasteiger partial charge in [-0.3, -0.25) is 19.6 Å². The van der Waals surface area contributed by atoms with Crippen molar-refractivity contribution in [1.82, 2.24) is 9.78 Å². The lowest BCUT2D eigenvalue weighted by atomic mass is 10.1. The van der Waals surface area contributed by atoms with Crippen molar-refractivity contribution in [3.05, 3.63) is 51.3 Å². The highest BCUT2D eigenvalue weighted by Gasteiger charge is 2.22. The van der Waals surface area contributed by atoms with Crippen molar-refractivity contribution in [2.75, 3.05) is 13.7 Å². The van der Waals surface area contributed by atoms with Crippen LogP contribution in [0.5, 0.6) is 5.75 Å². The molecule has 0 unspecified atom stereocenters. The Morgan fingerprint density at radius 2 is 1.96 bits per heavy atom. The quantitative estimate of drug-likeness (QED) is 0.438. The molecule has 0 saturated heterocycles. The summed E-state index contributed by atoms with van der Waals surface area (Å²) in [5, 5.41) is 15.0. The summed E-state index contributed by atoms with van der Waals surface area (Å²) in [4.78, 5) is 22.3. The van der Waals surface area contributed by atoms with Crippen LogP contribution in [0.3, 0.4) is 0 Å². The molecular formula is C16H19N3O5. The van der Waals surface area contributed by atoms with Crippen LogP contribution in [0.1, 0.15) is 17.0 Å². The zero-order chi connectivity index (χ0) is 17.7. The number of esters is 1. The van der Waals surface area contributed by atoms with Gasteiger partial charge in [0.25, 0.3) is 0 Å². The molecule has 0 spiro atoms. The first-order valence-electron chi connectivity index (χ1n) is 7.39. The number of nitro groups is 1. The molecule has 1 aromatic heterocycles. The van der Waals surface area contributed by atoms with Crippen molar-refractivity contribution in [2.45, 2.75) is 26.8 Å². The molecule has 8 nitrogen and oxygen atoms in total. The van der Waals surface area contributed by atoms with Gasteiger partial charge in [0.1, 0.15) is 23.7 Å². The van der Waals surface area contributed by atoms with E-state index in [0.717, 1.165) is 11.3 Å². The number of carbonyl (C=O) groups is 1. The third-order valence-corrected chi connectivity index (χ3v) is 3.62. The van der Waals surface area contributed by atoms with E-state index in [-0.39, 0.29) is 24.5 Å². The van der Waals surface area contributed by atoms with Gasteiger partial charge in [0, 0.05) is 6.42 Å². The second-order valence-electron chi connectivity index (χ2n) is 5.25. The summed E-state index contributed by atoms with van der Waals surface area (Å²) in [6.45, 7) is 3.18. The average molecular weight is 333 g/mol. The van der Waals surface area contributed by atoms with E-state index < -0.39 is 10.9 Å². The third-order valence-electron chi connectivity index (χ3n) is 3.62. The SMILES string of the molecule is COc1ccc(CCOC(=O)Cn2nc(C)c([N+](=O)[O-])c2C)cc1. The van der Waals surface area contributed by atoms with Gasteiger partial charge in [0.05, 0.1) is 18.6 Å². The Bertz CT molecular complexity index is 737. The second kappa shape index (κ2) is 7.58. The topological polar surface area (TPSA) is 96.5 Å². The number of aromatic nitrogens is 2. The third kappa shape index (κ3) is 4.09. The molecule has 24 heavy (non-hydrogen) atoms. The monoisotopic (exact) mass is 333 g/mol. The Kier molecular flexibility index (Phi) is 5.51. The molecule has 0 amide bonds. The maximum atomic E-state index is 11.9. The smallest absolute Gasteiger partial charge is 0.327 e. The molecule has 2 rings (SSSR count). The van der Waals surface area contributed by atoms with Crippen molar-refractivity contribution >= 4 is 11.7 Å². The van der Waals surface area contributed by atoms with Crippen LogP contribution in [0.15, 0.2) is 24.3 Å². The van der Waals surface area contributed by atoms with Crippen LogP contribution in [0.2, 0.25) is 0 Å². The highest BCUT2D eigenvalue weighted by Crippen LogP contribution is 2.21. The number of rotatable bonds is 7. The Hall–Kier alpha value is -2.90. The van der Waals surface area contributed by atoms with E-state index >= 15 is 0 Å². The molecule has 2 aromatic rings. The largest absolute Gasteiger partial charge is 0.497 e. The van der Waals surface area contributed by atoms with Crippen LogP contribution >= 0.6 is 0 Å². The highest BCUT2D eigenvalue weighted by molar-refractivity contribution is 5.69. The summed E-state index contributed by atoms with van der Waals surface area (Å²) < 4.78 is 11.5. The van der Waals surface area contributed by atoms with Gasteiger partial charge in [0.2, 0.25) is 0 Å². The minimum atomic E-state index is -0.497. The normalized spacial score (nSPS) is 10.5. The van der Waals surface area contributed by atoms with Crippen molar-refractivity contribution in [2.24, 2.45) is 0 Å². The molecule has 0 atom stereocenters. The standard InChI is InChI=1S/C16H19N3O5/c1-11-16(19(21)22)12(2)18(17-11)10-15(20)24-9-8-13-4-6-14(23-3)7-5-13/h4-7H,8-10H2,1-3H3. The van der Waals surface area contributed by atoms with Gasteiger partial charge >= 0.3 is 11.7 Å². The Morgan fingerprint density at radius 1 is 1.29 bits per heavy atom. The fourth-order valence-corrected chi connectivity index (χ4v) is 2.35.